The van der Waals surface area contributed by atoms with E-state index >= 15 is 0 Å². The summed E-state index contributed by atoms with van der Waals surface area (Å²) in [5, 5.41) is 3.21. The Balaban J connectivity index is 1.82. The molecule has 1 aliphatic heterocycles. The summed E-state index contributed by atoms with van der Waals surface area (Å²) >= 11 is 7.60. The molecule has 0 spiro atoms. The van der Waals surface area contributed by atoms with Gasteiger partial charge in [0.25, 0.3) is 0 Å². The standard InChI is InChI=1S/C12H14ClN5S/c13-11-15-9(8-10-14-4-7-19-10)16-12(17-11)18-5-2-1-3-6-18/h4,7H,1-3,5-6,8H2. The fraction of sp³-hybridized carbons (Fsp3) is 0.500. The number of hydrogen-bond donors (Lipinski definition) is 0. The highest BCUT2D eigenvalue weighted by molar-refractivity contribution is 7.09. The molecule has 2 aromatic heterocycles. The minimum atomic E-state index is 0.266. The summed E-state index contributed by atoms with van der Waals surface area (Å²) in [6.45, 7) is 1.99. The minimum absolute atomic E-state index is 0.266. The third-order valence-electron chi connectivity index (χ3n) is 3.07. The number of rotatable bonds is 3. The molecule has 3 rings (SSSR count). The third-order valence-corrected chi connectivity index (χ3v) is 4.02. The van der Waals surface area contributed by atoms with Crippen LogP contribution in [0.4, 0.5) is 5.95 Å². The SMILES string of the molecule is Clc1nc(Cc2nccs2)nc(N2CCCCC2)n1. The summed E-state index contributed by atoms with van der Waals surface area (Å²) in [4.78, 5) is 19.4. The van der Waals surface area contributed by atoms with Gasteiger partial charge in [0.1, 0.15) is 10.8 Å². The maximum atomic E-state index is 6.00. The summed E-state index contributed by atoms with van der Waals surface area (Å²) < 4.78 is 0. The number of nitrogens with zero attached hydrogens (tertiary/aromatic N) is 5. The molecular formula is C12H14ClN5S. The molecule has 7 heteroatoms. The highest BCUT2D eigenvalue weighted by Gasteiger charge is 2.16. The molecule has 0 radical (unpaired) electrons. The molecule has 100 valence electrons. The second-order valence-corrected chi connectivity index (χ2v) is 5.79. The molecule has 0 N–H and O–H groups in total. The Morgan fingerprint density at radius 2 is 2.00 bits per heavy atom. The first kappa shape index (κ1) is 12.7. The van der Waals surface area contributed by atoms with Crippen LogP contribution in [0.15, 0.2) is 11.6 Å². The molecule has 3 heterocycles. The van der Waals surface area contributed by atoms with E-state index in [0.717, 1.165) is 18.1 Å². The zero-order valence-corrected chi connectivity index (χ0v) is 12.0. The van der Waals surface area contributed by atoms with Crippen LogP contribution in [-0.2, 0) is 6.42 Å². The predicted octanol–water partition coefficient (Wildman–Crippen LogP) is 2.56. The molecule has 0 atom stereocenters. The summed E-state index contributed by atoms with van der Waals surface area (Å²) in [6.07, 6.45) is 6.05. The van der Waals surface area contributed by atoms with E-state index in [4.69, 9.17) is 11.6 Å². The average Bonchev–Trinajstić information content (AvgIpc) is 2.92. The summed E-state index contributed by atoms with van der Waals surface area (Å²) in [5.41, 5.74) is 0. The topological polar surface area (TPSA) is 54.8 Å². The number of aromatic nitrogens is 4. The van der Waals surface area contributed by atoms with Crippen molar-refractivity contribution in [2.45, 2.75) is 25.7 Å². The van der Waals surface area contributed by atoms with Gasteiger partial charge in [-0.05, 0) is 30.9 Å². The second kappa shape index (κ2) is 5.79. The number of piperidine rings is 1. The van der Waals surface area contributed by atoms with E-state index in [1.165, 1.54) is 19.3 Å². The summed E-state index contributed by atoms with van der Waals surface area (Å²) in [7, 11) is 0. The van der Waals surface area contributed by atoms with Crippen LogP contribution in [0.2, 0.25) is 5.28 Å². The lowest BCUT2D eigenvalue weighted by atomic mass is 10.1. The smallest absolute Gasteiger partial charge is 0.229 e. The van der Waals surface area contributed by atoms with Gasteiger partial charge in [-0.25, -0.2) is 9.97 Å². The zero-order chi connectivity index (χ0) is 13.1. The van der Waals surface area contributed by atoms with E-state index in [1.54, 1.807) is 17.5 Å². The van der Waals surface area contributed by atoms with Crippen LogP contribution in [0.25, 0.3) is 0 Å². The Kier molecular flexibility index (Phi) is 3.89. The van der Waals surface area contributed by atoms with Gasteiger partial charge in [-0.15, -0.1) is 11.3 Å². The van der Waals surface area contributed by atoms with Crippen molar-refractivity contribution in [2.24, 2.45) is 0 Å². The van der Waals surface area contributed by atoms with Gasteiger partial charge in [-0.2, -0.15) is 9.97 Å². The molecule has 2 aromatic rings. The van der Waals surface area contributed by atoms with Gasteiger partial charge in [0, 0.05) is 24.7 Å². The summed E-state index contributed by atoms with van der Waals surface area (Å²) in [5.74, 6) is 1.39. The number of hydrogen-bond acceptors (Lipinski definition) is 6. The van der Waals surface area contributed by atoms with Crippen molar-refractivity contribution in [3.8, 4) is 0 Å². The maximum Gasteiger partial charge on any atom is 0.229 e. The van der Waals surface area contributed by atoms with Crippen molar-refractivity contribution < 1.29 is 0 Å². The van der Waals surface area contributed by atoms with Crippen LogP contribution < -0.4 is 4.90 Å². The fourth-order valence-corrected chi connectivity index (χ4v) is 2.96. The molecule has 0 unspecified atom stereocenters. The van der Waals surface area contributed by atoms with Crippen LogP contribution >= 0.6 is 22.9 Å². The molecule has 19 heavy (non-hydrogen) atoms. The van der Waals surface area contributed by atoms with Crippen LogP contribution in [0.5, 0.6) is 0 Å². The molecule has 1 aliphatic rings. The van der Waals surface area contributed by atoms with Crippen molar-refractivity contribution in [3.63, 3.8) is 0 Å². The molecule has 0 aromatic carbocycles. The van der Waals surface area contributed by atoms with Crippen molar-refractivity contribution in [1.82, 2.24) is 19.9 Å². The molecule has 0 aliphatic carbocycles. The predicted molar refractivity (Wildman–Crippen MR) is 75.8 cm³/mol. The van der Waals surface area contributed by atoms with Gasteiger partial charge in [0.2, 0.25) is 11.2 Å². The molecule has 0 saturated carbocycles. The highest BCUT2D eigenvalue weighted by Crippen LogP contribution is 2.18. The zero-order valence-electron chi connectivity index (χ0n) is 10.4. The number of halogens is 1. The van der Waals surface area contributed by atoms with E-state index in [9.17, 15) is 0 Å². The van der Waals surface area contributed by atoms with Gasteiger partial charge in [0.15, 0.2) is 0 Å². The lowest BCUT2D eigenvalue weighted by Gasteiger charge is -2.26. The van der Waals surface area contributed by atoms with Crippen molar-refractivity contribution in [2.75, 3.05) is 18.0 Å². The van der Waals surface area contributed by atoms with Crippen LogP contribution in [0.1, 0.15) is 30.1 Å². The van der Waals surface area contributed by atoms with Crippen molar-refractivity contribution >= 4 is 28.9 Å². The molecule has 1 saturated heterocycles. The lowest BCUT2D eigenvalue weighted by Crippen LogP contribution is -2.31. The first-order valence-corrected chi connectivity index (χ1v) is 7.61. The number of thiazole rings is 1. The summed E-state index contributed by atoms with van der Waals surface area (Å²) in [6, 6.07) is 0. The minimum Gasteiger partial charge on any atom is -0.341 e. The van der Waals surface area contributed by atoms with Crippen LogP contribution in [0, 0.1) is 0 Å². The first-order valence-electron chi connectivity index (χ1n) is 6.35. The van der Waals surface area contributed by atoms with Crippen LogP contribution in [0.3, 0.4) is 0 Å². The Morgan fingerprint density at radius 3 is 2.74 bits per heavy atom. The van der Waals surface area contributed by atoms with Gasteiger partial charge < -0.3 is 4.90 Å². The molecular weight excluding hydrogens is 282 g/mol. The Hall–Kier alpha value is -1.27. The van der Waals surface area contributed by atoms with E-state index in [1.807, 2.05) is 5.38 Å². The van der Waals surface area contributed by atoms with E-state index in [-0.39, 0.29) is 5.28 Å². The normalized spacial score (nSPS) is 15.7. The molecule has 1 fully saturated rings. The first-order chi connectivity index (χ1) is 9.31. The average molecular weight is 296 g/mol. The number of anilines is 1. The molecule has 5 nitrogen and oxygen atoms in total. The van der Waals surface area contributed by atoms with Gasteiger partial charge in [-0.1, -0.05) is 0 Å². The van der Waals surface area contributed by atoms with Crippen LogP contribution in [-0.4, -0.2) is 33.0 Å². The third kappa shape index (κ3) is 3.19. The Labute approximate surface area is 120 Å². The van der Waals surface area contributed by atoms with E-state index < -0.39 is 0 Å². The molecule has 0 amide bonds. The van der Waals surface area contributed by atoms with E-state index in [2.05, 4.69) is 24.8 Å². The Morgan fingerprint density at radius 1 is 1.16 bits per heavy atom. The van der Waals surface area contributed by atoms with Crippen molar-refractivity contribution in [3.05, 3.63) is 27.7 Å². The Bertz CT molecular complexity index is 539. The second-order valence-electron chi connectivity index (χ2n) is 4.47. The monoisotopic (exact) mass is 295 g/mol. The van der Waals surface area contributed by atoms with Gasteiger partial charge in [-0.3, -0.25) is 0 Å². The highest BCUT2D eigenvalue weighted by atomic mass is 35.5. The largest absolute Gasteiger partial charge is 0.341 e. The molecule has 0 bridgehead atoms. The van der Waals surface area contributed by atoms with Crippen molar-refractivity contribution in [1.29, 1.82) is 0 Å². The quantitative estimate of drug-likeness (QED) is 0.871. The maximum absolute atomic E-state index is 6.00. The van der Waals surface area contributed by atoms with E-state index in [0.29, 0.717) is 18.2 Å². The van der Waals surface area contributed by atoms with Gasteiger partial charge in [0.05, 0.1) is 6.42 Å². The lowest BCUT2D eigenvalue weighted by molar-refractivity contribution is 0.566. The van der Waals surface area contributed by atoms with Gasteiger partial charge >= 0.3 is 0 Å². The fourth-order valence-electron chi connectivity index (χ4n) is 2.17.